The third-order valence-corrected chi connectivity index (χ3v) is 7.64. The molecule has 1 radical (unpaired) electrons. The van der Waals surface area contributed by atoms with Gasteiger partial charge < -0.3 is 14.2 Å². The second kappa shape index (κ2) is 10.3. The lowest BCUT2D eigenvalue weighted by Gasteiger charge is -2.66. The minimum Gasteiger partial charge on any atom is -0.380 e. The van der Waals surface area contributed by atoms with Gasteiger partial charge in [0.05, 0.1) is 39.6 Å². The molecule has 0 bridgehead atoms. The van der Waals surface area contributed by atoms with Crippen molar-refractivity contribution in [2.75, 3.05) is 39.6 Å². The van der Waals surface area contributed by atoms with Gasteiger partial charge in [-0.1, -0.05) is 78.6 Å². The van der Waals surface area contributed by atoms with Gasteiger partial charge in [-0.05, 0) is 19.3 Å². The van der Waals surface area contributed by atoms with E-state index in [1.165, 1.54) is 77.0 Å². The van der Waals surface area contributed by atoms with Crippen molar-refractivity contribution in [1.29, 1.82) is 0 Å². The zero-order valence-electron chi connectivity index (χ0n) is 19.0. The zero-order valence-corrected chi connectivity index (χ0v) is 19.0. The van der Waals surface area contributed by atoms with Crippen molar-refractivity contribution in [1.82, 2.24) is 0 Å². The largest absolute Gasteiger partial charge is 0.380 e. The molecular formula is C25H45O3. The van der Waals surface area contributed by atoms with Gasteiger partial charge in [-0.2, -0.15) is 0 Å². The molecule has 0 atom stereocenters. The van der Waals surface area contributed by atoms with E-state index in [4.69, 9.17) is 14.2 Å². The molecule has 3 aliphatic rings. The zero-order chi connectivity index (χ0) is 19.9. The van der Waals surface area contributed by atoms with Crippen LogP contribution in [0.1, 0.15) is 97.8 Å². The van der Waals surface area contributed by atoms with Crippen LogP contribution in [-0.4, -0.2) is 39.6 Å². The second-order valence-electron chi connectivity index (χ2n) is 10.1. The first-order chi connectivity index (χ1) is 13.7. The van der Waals surface area contributed by atoms with E-state index in [1.54, 1.807) is 0 Å². The summed E-state index contributed by atoms with van der Waals surface area (Å²) < 4.78 is 17.8. The second-order valence-corrected chi connectivity index (χ2v) is 10.1. The number of hydrogen-bond donors (Lipinski definition) is 0. The highest BCUT2D eigenvalue weighted by Crippen LogP contribution is 2.65. The van der Waals surface area contributed by atoms with Gasteiger partial charge in [-0.25, -0.2) is 0 Å². The third kappa shape index (κ3) is 4.47. The maximum Gasteiger partial charge on any atom is 0.0550 e. The molecule has 3 saturated heterocycles. The first kappa shape index (κ1) is 22.6. The average molecular weight is 394 g/mol. The highest BCUT2D eigenvalue weighted by molar-refractivity contribution is 5.30. The smallest absolute Gasteiger partial charge is 0.0550 e. The molecule has 0 aromatic heterocycles. The topological polar surface area (TPSA) is 27.7 Å². The summed E-state index contributed by atoms with van der Waals surface area (Å²) in [5.41, 5.74) is 0.878. The monoisotopic (exact) mass is 393 g/mol. The maximum atomic E-state index is 5.93. The Bertz CT molecular complexity index is 382. The highest BCUT2D eigenvalue weighted by atomic mass is 16.5. The average Bonchev–Trinajstić information content (AvgIpc) is 2.60. The van der Waals surface area contributed by atoms with E-state index in [0.29, 0.717) is 16.2 Å². The maximum absolute atomic E-state index is 5.93. The fourth-order valence-electron chi connectivity index (χ4n) is 6.11. The van der Waals surface area contributed by atoms with Crippen molar-refractivity contribution >= 4 is 0 Å². The predicted molar refractivity (Wildman–Crippen MR) is 115 cm³/mol. The van der Waals surface area contributed by atoms with Crippen molar-refractivity contribution in [2.24, 2.45) is 16.2 Å². The summed E-state index contributed by atoms with van der Waals surface area (Å²) in [7, 11) is 0. The van der Waals surface area contributed by atoms with Gasteiger partial charge in [-0.15, -0.1) is 0 Å². The van der Waals surface area contributed by atoms with Crippen LogP contribution in [0.5, 0.6) is 0 Å². The molecule has 0 saturated carbocycles. The van der Waals surface area contributed by atoms with Crippen LogP contribution < -0.4 is 0 Å². The van der Waals surface area contributed by atoms with Gasteiger partial charge >= 0.3 is 0 Å². The van der Waals surface area contributed by atoms with Crippen molar-refractivity contribution in [2.45, 2.75) is 97.8 Å². The standard InChI is InChI=1S/C25H45O3/c1-4-7-10-13-23(16-26-17-23)22(24(18-27-19-24)14-11-8-5-2)25(20-28-21-25)15-12-9-6-3/h4-21H2,1-3H3. The number of unbranched alkanes of at least 4 members (excludes halogenated alkanes) is 6. The quantitative estimate of drug-likeness (QED) is 0.303. The van der Waals surface area contributed by atoms with Gasteiger partial charge in [-0.3, -0.25) is 0 Å². The van der Waals surface area contributed by atoms with Gasteiger partial charge in [0.25, 0.3) is 0 Å². The Morgan fingerprint density at radius 1 is 0.500 bits per heavy atom. The van der Waals surface area contributed by atoms with E-state index in [1.807, 2.05) is 5.92 Å². The molecule has 3 heterocycles. The summed E-state index contributed by atoms with van der Waals surface area (Å²) in [4.78, 5) is 0. The number of rotatable bonds is 15. The summed E-state index contributed by atoms with van der Waals surface area (Å²) in [6.07, 6.45) is 15.8. The fourth-order valence-corrected chi connectivity index (χ4v) is 6.11. The lowest BCUT2D eigenvalue weighted by atomic mass is 9.46. The summed E-state index contributed by atoms with van der Waals surface area (Å²) in [6.45, 7) is 12.6. The SMILES string of the molecule is CCCCCC1([C](C2(CCCCC)COC2)C2(CCCCC)COC2)COC1. The molecule has 0 N–H and O–H groups in total. The highest BCUT2D eigenvalue weighted by Gasteiger charge is 2.66. The lowest BCUT2D eigenvalue weighted by molar-refractivity contribution is -0.230. The summed E-state index contributed by atoms with van der Waals surface area (Å²) in [5.74, 6) is 1.85. The Balaban J connectivity index is 1.84. The molecule has 0 aromatic carbocycles. The Labute approximate surface area is 174 Å². The molecule has 0 spiro atoms. The van der Waals surface area contributed by atoms with E-state index in [2.05, 4.69) is 20.8 Å². The van der Waals surface area contributed by atoms with Crippen LogP contribution in [0.25, 0.3) is 0 Å². The van der Waals surface area contributed by atoms with Gasteiger partial charge in [0.15, 0.2) is 0 Å². The van der Waals surface area contributed by atoms with Crippen molar-refractivity contribution in [3.63, 3.8) is 0 Å². The van der Waals surface area contributed by atoms with Crippen LogP contribution in [-0.2, 0) is 14.2 Å². The van der Waals surface area contributed by atoms with Crippen molar-refractivity contribution < 1.29 is 14.2 Å². The molecule has 0 aromatic rings. The first-order valence-corrected chi connectivity index (χ1v) is 12.3. The fraction of sp³-hybridized carbons (Fsp3) is 0.960. The Kier molecular flexibility index (Phi) is 8.27. The molecule has 3 nitrogen and oxygen atoms in total. The summed E-state index contributed by atoms with van der Waals surface area (Å²) >= 11 is 0. The van der Waals surface area contributed by atoms with Crippen LogP contribution in [0, 0.1) is 22.2 Å². The molecule has 28 heavy (non-hydrogen) atoms. The molecule has 0 unspecified atom stereocenters. The van der Waals surface area contributed by atoms with E-state index < -0.39 is 0 Å². The molecule has 3 rings (SSSR count). The van der Waals surface area contributed by atoms with E-state index >= 15 is 0 Å². The van der Waals surface area contributed by atoms with Crippen LogP contribution >= 0.6 is 0 Å². The number of hydrogen-bond acceptors (Lipinski definition) is 3. The molecule has 3 fully saturated rings. The van der Waals surface area contributed by atoms with Crippen LogP contribution in [0.4, 0.5) is 0 Å². The van der Waals surface area contributed by atoms with E-state index in [0.717, 1.165) is 39.6 Å². The van der Waals surface area contributed by atoms with Crippen LogP contribution in [0.3, 0.4) is 0 Å². The molecular weight excluding hydrogens is 348 g/mol. The Hall–Kier alpha value is -0.120. The minimum absolute atomic E-state index is 0.293. The number of ether oxygens (including phenoxy) is 3. The molecule has 163 valence electrons. The molecule has 3 aliphatic heterocycles. The molecule has 3 heteroatoms. The van der Waals surface area contributed by atoms with Crippen LogP contribution in [0.2, 0.25) is 0 Å². The third-order valence-electron chi connectivity index (χ3n) is 7.64. The van der Waals surface area contributed by atoms with Gasteiger partial charge in [0.1, 0.15) is 0 Å². The van der Waals surface area contributed by atoms with Gasteiger partial charge in [0.2, 0.25) is 0 Å². The summed E-state index contributed by atoms with van der Waals surface area (Å²) in [5, 5.41) is 0. The minimum atomic E-state index is 0.293. The lowest BCUT2D eigenvalue weighted by Crippen LogP contribution is -2.67. The predicted octanol–water partition coefficient (Wildman–Crippen LogP) is 6.35. The van der Waals surface area contributed by atoms with Gasteiger partial charge in [0, 0.05) is 22.2 Å². The van der Waals surface area contributed by atoms with Crippen molar-refractivity contribution in [3.8, 4) is 0 Å². The molecule has 0 aliphatic carbocycles. The Morgan fingerprint density at radius 3 is 0.964 bits per heavy atom. The normalized spacial score (nSPS) is 24.4. The van der Waals surface area contributed by atoms with Crippen molar-refractivity contribution in [3.05, 3.63) is 5.92 Å². The first-order valence-electron chi connectivity index (χ1n) is 12.3. The summed E-state index contributed by atoms with van der Waals surface area (Å²) in [6, 6.07) is 0. The van der Waals surface area contributed by atoms with Crippen LogP contribution in [0.15, 0.2) is 0 Å². The Morgan fingerprint density at radius 2 is 0.786 bits per heavy atom. The van der Waals surface area contributed by atoms with E-state index in [-0.39, 0.29) is 0 Å². The molecule has 0 amide bonds. The van der Waals surface area contributed by atoms with E-state index in [9.17, 15) is 0 Å².